The monoisotopic (exact) mass is 254 g/mol. The maximum absolute atomic E-state index is 12.2. The van der Waals surface area contributed by atoms with Crippen LogP contribution in [-0.4, -0.2) is 28.9 Å². The quantitative estimate of drug-likeness (QED) is 0.808. The summed E-state index contributed by atoms with van der Waals surface area (Å²) in [6, 6.07) is 3.28. The number of pyridine rings is 1. The number of halogens is 1. The topological polar surface area (TPSA) is 33.2 Å². The largest absolute Gasteiger partial charge is 0.337 e. The lowest BCUT2D eigenvalue weighted by Crippen LogP contribution is -2.35. The molecule has 4 heteroatoms. The van der Waals surface area contributed by atoms with Crippen LogP contribution in [-0.2, 0) is 0 Å². The molecule has 0 fully saturated rings. The van der Waals surface area contributed by atoms with Crippen LogP contribution in [0.2, 0.25) is 5.02 Å². The summed E-state index contributed by atoms with van der Waals surface area (Å²) in [4.78, 5) is 18.1. The molecule has 1 atom stereocenters. The van der Waals surface area contributed by atoms with Crippen LogP contribution in [0, 0.1) is 5.92 Å². The van der Waals surface area contributed by atoms with Crippen LogP contribution >= 0.6 is 11.6 Å². The van der Waals surface area contributed by atoms with Gasteiger partial charge < -0.3 is 4.90 Å². The Kier molecular flexibility index (Phi) is 5.42. The molecule has 1 aromatic heterocycles. The fraction of sp³-hybridized carbons (Fsp3) is 0.538. The van der Waals surface area contributed by atoms with Gasteiger partial charge in [0.05, 0.1) is 0 Å². The minimum Gasteiger partial charge on any atom is -0.337 e. The average Bonchev–Trinajstić information content (AvgIpc) is 2.34. The second-order valence-corrected chi connectivity index (χ2v) is 4.65. The highest BCUT2D eigenvalue weighted by Gasteiger charge is 2.17. The third-order valence-electron chi connectivity index (χ3n) is 2.84. The smallest absolute Gasteiger partial charge is 0.272 e. The number of amides is 1. The molecule has 0 saturated heterocycles. The van der Waals surface area contributed by atoms with Gasteiger partial charge in [0.1, 0.15) is 5.69 Å². The second kappa shape index (κ2) is 6.60. The normalized spacial score (nSPS) is 12.2. The maximum atomic E-state index is 12.2. The minimum atomic E-state index is -0.0460. The third kappa shape index (κ3) is 4.00. The molecular formula is C13H19ClN2O. The van der Waals surface area contributed by atoms with Crippen molar-refractivity contribution in [2.75, 3.05) is 13.1 Å². The van der Waals surface area contributed by atoms with Crippen LogP contribution in [0.4, 0.5) is 0 Å². The first-order chi connectivity index (χ1) is 8.08. The van der Waals surface area contributed by atoms with E-state index in [4.69, 9.17) is 11.6 Å². The number of hydrogen-bond acceptors (Lipinski definition) is 2. The lowest BCUT2D eigenvalue weighted by molar-refractivity contribution is 0.0735. The predicted octanol–water partition coefficient (Wildman–Crippen LogP) is 3.24. The molecule has 1 amide bonds. The Balaban J connectivity index is 2.79. The zero-order valence-corrected chi connectivity index (χ0v) is 11.4. The Labute approximate surface area is 108 Å². The van der Waals surface area contributed by atoms with Crippen LogP contribution in [0.1, 0.15) is 37.7 Å². The molecule has 1 unspecified atom stereocenters. The van der Waals surface area contributed by atoms with E-state index in [0.717, 1.165) is 13.0 Å². The fourth-order valence-electron chi connectivity index (χ4n) is 1.54. The molecule has 0 aliphatic heterocycles. The molecule has 0 spiro atoms. The first-order valence-corrected chi connectivity index (χ1v) is 6.37. The van der Waals surface area contributed by atoms with E-state index in [-0.39, 0.29) is 5.91 Å². The lowest BCUT2D eigenvalue weighted by atomic mass is 10.1. The number of carbonyl (C=O) groups is 1. The van der Waals surface area contributed by atoms with Gasteiger partial charge in [-0.25, -0.2) is 0 Å². The standard InChI is InChI=1S/C13H19ClN2O/c1-4-10(3)9-16(5-2)13(17)12-8-11(14)6-7-15-12/h6-8,10H,4-5,9H2,1-3H3. The van der Waals surface area contributed by atoms with Gasteiger partial charge in [-0.1, -0.05) is 31.9 Å². The molecule has 0 aliphatic carbocycles. The highest BCUT2D eigenvalue weighted by Crippen LogP contribution is 2.12. The Bertz CT molecular complexity index is 381. The molecule has 0 aromatic carbocycles. The van der Waals surface area contributed by atoms with Gasteiger partial charge in [-0.3, -0.25) is 9.78 Å². The first kappa shape index (κ1) is 14.0. The highest BCUT2D eigenvalue weighted by molar-refractivity contribution is 6.30. The third-order valence-corrected chi connectivity index (χ3v) is 3.07. The number of rotatable bonds is 5. The first-order valence-electron chi connectivity index (χ1n) is 5.99. The molecular weight excluding hydrogens is 236 g/mol. The summed E-state index contributed by atoms with van der Waals surface area (Å²) >= 11 is 5.86. The van der Waals surface area contributed by atoms with Crippen LogP contribution in [0.15, 0.2) is 18.3 Å². The molecule has 0 radical (unpaired) electrons. The maximum Gasteiger partial charge on any atom is 0.272 e. The van der Waals surface area contributed by atoms with Crippen molar-refractivity contribution in [2.24, 2.45) is 5.92 Å². The van der Waals surface area contributed by atoms with Crippen molar-refractivity contribution in [1.29, 1.82) is 0 Å². The molecule has 0 aliphatic rings. The molecule has 94 valence electrons. The van der Waals surface area contributed by atoms with E-state index in [1.165, 1.54) is 0 Å². The summed E-state index contributed by atoms with van der Waals surface area (Å²) in [5.74, 6) is 0.452. The molecule has 1 rings (SSSR count). The zero-order chi connectivity index (χ0) is 12.8. The molecule has 1 heterocycles. The second-order valence-electron chi connectivity index (χ2n) is 4.22. The van der Waals surface area contributed by atoms with Gasteiger partial charge in [0, 0.05) is 24.3 Å². The van der Waals surface area contributed by atoms with E-state index in [0.29, 0.717) is 23.2 Å². The van der Waals surface area contributed by atoms with Gasteiger partial charge in [-0.15, -0.1) is 0 Å². The van der Waals surface area contributed by atoms with Crippen molar-refractivity contribution < 1.29 is 4.79 Å². The lowest BCUT2D eigenvalue weighted by Gasteiger charge is -2.23. The number of carbonyl (C=O) groups excluding carboxylic acids is 1. The van der Waals surface area contributed by atoms with Crippen molar-refractivity contribution >= 4 is 17.5 Å². The van der Waals surface area contributed by atoms with E-state index in [1.807, 2.05) is 11.8 Å². The fourth-order valence-corrected chi connectivity index (χ4v) is 1.70. The van der Waals surface area contributed by atoms with Gasteiger partial charge in [-0.05, 0) is 25.0 Å². The molecule has 0 N–H and O–H groups in total. The predicted molar refractivity (Wildman–Crippen MR) is 70.3 cm³/mol. The van der Waals surface area contributed by atoms with Crippen molar-refractivity contribution in [2.45, 2.75) is 27.2 Å². The van der Waals surface area contributed by atoms with Gasteiger partial charge >= 0.3 is 0 Å². The number of hydrogen-bond donors (Lipinski definition) is 0. The van der Waals surface area contributed by atoms with Crippen LogP contribution in [0.5, 0.6) is 0 Å². The Morgan fingerprint density at radius 2 is 2.24 bits per heavy atom. The van der Waals surface area contributed by atoms with Crippen molar-refractivity contribution in [3.05, 3.63) is 29.0 Å². The van der Waals surface area contributed by atoms with Gasteiger partial charge in [0.2, 0.25) is 0 Å². The van der Waals surface area contributed by atoms with Crippen molar-refractivity contribution in [3.8, 4) is 0 Å². The van der Waals surface area contributed by atoms with Crippen LogP contribution < -0.4 is 0 Å². The zero-order valence-electron chi connectivity index (χ0n) is 10.6. The Morgan fingerprint density at radius 3 is 2.76 bits per heavy atom. The number of aromatic nitrogens is 1. The average molecular weight is 255 g/mol. The summed E-state index contributed by atoms with van der Waals surface area (Å²) in [5, 5.41) is 0.544. The summed E-state index contributed by atoms with van der Waals surface area (Å²) in [6.45, 7) is 7.70. The van der Waals surface area contributed by atoms with E-state index in [2.05, 4.69) is 18.8 Å². The highest BCUT2D eigenvalue weighted by atomic mass is 35.5. The summed E-state index contributed by atoms with van der Waals surface area (Å²) in [5.41, 5.74) is 0.419. The molecule has 0 saturated carbocycles. The van der Waals surface area contributed by atoms with Gasteiger partial charge in [0.25, 0.3) is 5.91 Å². The Morgan fingerprint density at radius 1 is 1.53 bits per heavy atom. The SMILES string of the molecule is CCC(C)CN(CC)C(=O)c1cc(Cl)ccn1. The van der Waals surface area contributed by atoms with E-state index in [9.17, 15) is 4.79 Å². The van der Waals surface area contributed by atoms with E-state index in [1.54, 1.807) is 18.3 Å². The van der Waals surface area contributed by atoms with Crippen molar-refractivity contribution in [3.63, 3.8) is 0 Å². The minimum absolute atomic E-state index is 0.0460. The van der Waals surface area contributed by atoms with Crippen LogP contribution in [0.25, 0.3) is 0 Å². The van der Waals surface area contributed by atoms with E-state index >= 15 is 0 Å². The van der Waals surface area contributed by atoms with E-state index < -0.39 is 0 Å². The van der Waals surface area contributed by atoms with Gasteiger partial charge in [-0.2, -0.15) is 0 Å². The Hall–Kier alpha value is -1.09. The molecule has 1 aromatic rings. The summed E-state index contributed by atoms with van der Waals surface area (Å²) in [6.07, 6.45) is 2.62. The summed E-state index contributed by atoms with van der Waals surface area (Å²) in [7, 11) is 0. The van der Waals surface area contributed by atoms with Crippen molar-refractivity contribution in [1.82, 2.24) is 9.88 Å². The summed E-state index contributed by atoms with van der Waals surface area (Å²) < 4.78 is 0. The molecule has 0 bridgehead atoms. The van der Waals surface area contributed by atoms with Crippen LogP contribution in [0.3, 0.4) is 0 Å². The molecule has 3 nitrogen and oxygen atoms in total. The molecule has 17 heavy (non-hydrogen) atoms. The number of nitrogens with zero attached hydrogens (tertiary/aromatic N) is 2. The van der Waals surface area contributed by atoms with Gasteiger partial charge in [0.15, 0.2) is 0 Å².